The van der Waals surface area contributed by atoms with Crippen molar-refractivity contribution in [1.82, 2.24) is 4.90 Å². The number of anilines is 2. The fourth-order valence-corrected chi connectivity index (χ4v) is 1.76. The average Bonchev–Trinajstić information content (AvgIpc) is 2.47. The van der Waals surface area contributed by atoms with E-state index in [4.69, 9.17) is 9.47 Å². The van der Waals surface area contributed by atoms with E-state index in [1.54, 1.807) is 14.2 Å². The van der Waals surface area contributed by atoms with Crippen LogP contribution in [0.4, 0.5) is 11.4 Å². The molecule has 2 rings (SSSR count). The van der Waals surface area contributed by atoms with Crippen LogP contribution < -0.4 is 14.4 Å². The van der Waals surface area contributed by atoms with E-state index in [0.717, 1.165) is 22.9 Å². The van der Waals surface area contributed by atoms with Crippen LogP contribution in [-0.2, 0) is 0 Å². The van der Waals surface area contributed by atoms with Crippen molar-refractivity contribution < 1.29 is 9.47 Å². The van der Waals surface area contributed by atoms with E-state index in [0.29, 0.717) is 0 Å². The maximum absolute atomic E-state index is 5.15. The Morgan fingerprint density at radius 3 is 1.28 bits per heavy atom. The first-order chi connectivity index (χ1) is 8.74. The Bertz CT molecular complexity index is 443. The second-order valence-corrected chi connectivity index (χ2v) is 3.96. The predicted molar refractivity (Wildman–Crippen MR) is 73.4 cm³/mol. The zero-order chi connectivity index (χ0) is 13.0. The van der Waals surface area contributed by atoms with Crippen LogP contribution in [0.2, 0.25) is 0 Å². The Morgan fingerprint density at radius 2 is 1.00 bits per heavy atom. The van der Waals surface area contributed by atoms with Crippen LogP contribution in [-0.4, -0.2) is 21.3 Å². The van der Waals surface area contributed by atoms with E-state index < -0.39 is 0 Å². The van der Waals surface area contributed by atoms with Gasteiger partial charge in [0.05, 0.1) is 14.2 Å². The minimum absolute atomic E-state index is 0.863. The summed E-state index contributed by atoms with van der Waals surface area (Å²) in [6.07, 6.45) is 0. The molecule has 2 aromatic carbocycles. The van der Waals surface area contributed by atoms with Crippen LogP contribution >= 0.6 is 0 Å². The van der Waals surface area contributed by atoms with Crippen molar-refractivity contribution in [1.29, 1.82) is 0 Å². The van der Waals surface area contributed by atoms with Gasteiger partial charge in [-0.05, 0) is 24.3 Å². The molecule has 93 valence electrons. The van der Waals surface area contributed by atoms with Crippen molar-refractivity contribution in [3.63, 3.8) is 0 Å². The van der Waals surface area contributed by atoms with Gasteiger partial charge < -0.3 is 9.47 Å². The molecule has 0 saturated carbocycles. The quantitative estimate of drug-likeness (QED) is 0.768. The summed E-state index contributed by atoms with van der Waals surface area (Å²) in [4.78, 5) is 2.11. The normalized spacial score (nSPS) is 10.4. The average molecular weight is 243 g/mol. The van der Waals surface area contributed by atoms with Gasteiger partial charge in [0.25, 0.3) is 0 Å². The predicted octanol–water partition coefficient (Wildman–Crippen LogP) is 3.44. The maximum Gasteiger partial charge on any atom is 0.186 e. The lowest BCUT2D eigenvalue weighted by Crippen LogP contribution is -2.10. The van der Waals surface area contributed by atoms with Crippen molar-refractivity contribution >= 4 is 11.4 Å². The van der Waals surface area contributed by atoms with Crippen molar-refractivity contribution in [2.24, 2.45) is 0 Å². The molecule has 2 aromatic rings. The van der Waals surface area contributed by atoms with Crippen molar-refractivity contribution in [2.75, 3.05) is 21.3 Å². The Morgan fingerprint density at radius 1 is 0.667 bits per heavy atom. The molecule has 0 bridgehead atoms. The molecule has 18 heavy (non-hydrogen) atoms. The Hall–Kier alpha value is -2.00. The minimum atomic E-state index is 0.863. The summed E-state index contributed by atoms with van der Waals surface area (Å²) in [7, 11) is 5.37. The third-order valence-electron chi connectivity index (χ3n) is 2.92. The summed E-state index contributed by atoms with van der Waals surface area (Å²) >= 11 is 0. The van der Waals surface area contributed by atoms with E-state index >= 15 is 0 Å². The first-order valence-electron chi connectivity index (χ1n) is 5.76. The molecule has 0 heterocycles. The van der Waals surface area contributed by atoms with E-state index in [2.05, 4.69) is 4.90 Å². The number of rotatable bonds is 4. The van der Waals surface area contributed by atoms with Gasteiger partial charge >= 0.3 is 0 Å². The maximum atomic E-state index is 5.15. The number of hydrogen-bond acceptors (Lipinski definition) is 3. The summed E-state index contributed by atoms with van der Waals surface area (Å²) in [5.41, 5.74) is 2.22. The van der Waals surface area contributed by atoms with Gasteiger partial charge in [0.1, 0.15) is 18.5 Å². The fourth-order valence-electron chi connectivity index (χ4n) is 1.76. The summed E-state index contributed by atoms with van der Waals surface area (Å²) < 4.78 is 10.3. The molecule has 0 aliphatic carbocycles. The topological polar surface area (TPSA) is 24.4 Å². The Labute approximate surface area is 108 Å². The largest absolute Gasteiger partial charge is 0.497 e. The summed E-state index contributed by atoms with van der Waals surface area (Å²) in [5.74, 6) is 1.73. The SMILES string of the molecule is COc1ccc([N+](C)c2ccc(OC)cc2)cc1. The van der Waals surface area contributed by atoms with Gasteiger partial charge in [-0.2, -0.15) is 0 Å². The molecule has 1 radical (unpaired) electrons. The summed E-state index contributed by atoms with van der Waals surface area (Å²) in [6, 6.07) is 15.9. The molecule has 0 aliphatic heterocycles. The lowest BCUT2D eigenvalue weighted by atomic mass is 10.2. The van der Waals surface area contributed by atoms with Gasteiger partial charge in [-0.25, -0.2) is 0 Å². The highest BCUT2D eigenvalue weighted by molar-refractivity contribution is 5.54. The summed E-state index contributed by atoms with van der Waals surface area (Å²) in [6.45, 7) is 0. The van der Waals surface area contributed by atoms with Gasteiger partial charge in [0, 0.05) is 24.3 Å². The number of methoxy groups -OCH3 is 2. The zero-order valence-electron chi connectivity index (χ0n) is 10.9. The van der Waals surface area contributed by atoms with Gasteiger partial charge in [0.2, 0.25) is 0 Å². The Kier molecular flexibility index (Phi) is 3.85. The molecule has 0 spiro atoms. The smallest absolute Gasteiger partial charge is 0.186 e. The molecule has 3 heteroatoms. The second kappa shape index (κ2) is 5.56. The first-order valence-corrected chi connectivity index (χ1v) is 5.76. The zero-order valence-corrected chi connectivity index (χ0v) is 10.9. The molecule has 0 aliphatic rings. The third-order valence-corrected chi connectivity index (χ3v) is 2.92. The van der Waals surface area contributed by atoms with Crippen molar-refractivity contribution in [3.8, 4) is 11.5 Å². The molecule has 0 amide bonds. The fraction of sp³-hybridized carbons (Fsp3) is 0.200. The lowest BCUT2D eigenvalue weighted by molar-refractivity contribution is 0.414. The number of benzene rings is 2. The number of hydrogen-bond donors (Lipinski definition) is 0. The van der Waals surface area contributed by atoms with Gasteiger partial charge in [-0.1, -0.05) is 4.90 Å². The molecule has 0 unspecified atom stereocenters. The number of ether oxygens (including phenoxy) is 2. The van der Waals surface area contributed by atoms with E-state index in [-0.39, 0.29) is 0 Å². The van der Waals surface area contributed by atoms with Crippen molar-refractivity contribution in [2.45, 2.75) is 0 Å². The minimum Gasteiger partial charge on any atom is -0.497 e. The van der Waals surface area contributed by atoms with E-state index in [9.17, 15) is 0 Å². The van der Waals surface area contributed by atoms with Gasteiger partial charge in [-0.3, -0.25) is 0 Å². The molecule has 0 saturated heterocycles. The van der Waals surface area contributed by atoms with Crippen LogP contribution in [0.1, 0.15) is 0 Å². The first kappa shape index (κ1) is 12.5. The van der Waals surface area contributed by atoms with Crippen molar-refractivity contribution in [3.05, 3.63) is 48.5 Å². The van der Waals surface area contributed by atoms with Gasteiger partial charge in [-0.15, -0.1) is 0 Å². The molecular formula is C15H17NO2+. The van der Waals surface area contributed by atoms with E-state index in [1.807, 2.05) is 55.6 Å². The highest BCUT2D eigenvalue weighted by atomic mass is 16.5. The van der Waals surface area contributed by atoms with Crippen LogP contribution in [0, 0.1) is 0 Å². The highest BCUT2D eigenvalue weighted by Crippen LogP contribution is 2.26. The second-order valence-electron chi connectivity index (χ2n) is 3.96. The molecular weight excluding hydrogens is 226 g/mol. The monoisotopic (exact) mass is 243 g/mol. The number of nitrogens with zero attached hydrogens (tertiary/aromatic N) is 1. The van der Waals surface area contributed by atoms with Crippen LogP contribution in [0.25, 0.3) is 0 Å². The van der Waals surface area contributed by atoms with Crippen LogP contribution in [0.5, 0.6) is 11.5 Å². The molecule has 0 fully saturated rings. The van der Waals surface area contributed by atoms with Crippen LogP contribution in [0.15, 0.2) is 48.5 Å². The molecule has 3 nitrogen and oxygen atoms in total. The highest BCUT2D eigenvalue weighted by Gasteiger charge is 2.16. The van der Waals surface area contributed by atoms with Crippen LogP contribution in [0.3, 0.4) is 0 Å². The molecule has 0 atom stereocenters. The Balaban J connectivity index is 2.20. The standard InChI is InChI=1S/C15H17NO2/c1-16(12-4-8-14(17-2)9-5-12)13-6-10-15(18-3)11-7-13/h4-11H,1-3H3/q+1. The molecule has 0 N–H and O–H groups in total. The summed E-state index contributed by atoms with van der Waals surface area (Å²) in [5, 5.41) is 0. The van der Waals surface area contributed by atoms with Gasteiger partial charge in [0.15, 0.2) is 11.4 Å². The third kappa shape index (κ3) is 2.63. The lowest BCUT2D eigenvalue weighted by Gasteiger charge is -2.07. The molecule has 0 aromatic heterocycles. The van der Waals surface area contributed by atoms with E-state index in [1.165, 1.54) is 0 Å².